The summed E-state index contributed by atoms with van der Waals surface area (Å²) in [5.41, 5.74) is 0.814. The van der Waals surface area contributed by atoms with E-state index in [1.807, 2.05) is 18.4 Å². The van der Waals surface area contributed by atoms with Crippen LogP contribution in [0.25, 0.3) is 0 Å². The number of quaternary nitrogens is 1. The molecule has 1 aliphatic rings. The van der Waals surface area contributed by atoms with Gasteiger partial charge in [0.05, 0.1) is 25.7 Å². The van der Waals surface area contributed by atoms with E-state index < -0.39 is 0 Å². The fourth-order valence-corrected chi connectivity index (χ4v) is 2.77. The van der Waals surface area contributed by atoms with Gasteiger partial charge in [-0.15, -0.1) is 11.3 Å². The fourth-order valence-electron chi connectivity index (χ4n) is 2.09. The molecule has 0 radical (unpaired) electrons. The Hall–Kier alpha value is -0.870. The lowest BCUT2D eigenvalue weighted by Crippen LogP contribution is -3.10. The highest BCUT2D eigenvalue weighted by atomic mass is 32.1. The Kier molecular flexibility index (Phi) is 3.61. The van der Waals surface area contributed by atoms with E-state index in [2.05, 4.69) is 12.4 Å². The van der Waals surface area contributed by atoms with E-state index >= 15 is 0 Å². The molecule has 4 heteroatoms. The van der Waals surface area contributed by atoms with E-state index in [-0.39, 0.29) is 5.91 Å². The molecule has 0 saturated carbocycles. The van der Waals surface area contributed by atoms with Crippen molar-refractivity contribution in [2.45, 2.75) is 25.8 Å². The first-order valence-electron chi connectivity index (χ1n) is 5.82. The van der Waals surface area contributed by atoms with Gasteiger partial charge in [-0.3, -0.25) is 4.79 Å². The van der Waals surface area contributed by atoms with Crippen LogP contribution >= 0.6 is 11.3 Å². The molecule has 16 heavy (non-hydrogen) atoms. The Morgan fingerprint density at radius 2 is 2.19 bits per heavy atom. The molecule has 0 aromatic carbocycles. The lowest BCUT2D eigenvalue weighted by molar-refractivity contribution is -0.884. The highest BCUT2D eigenvalue weighted by molar-refractivity contribution is 7.10. The third-order valence-corrected chi connectivity index (χ3v) is 4.03. The smallest absolute Gasteiger partial charge is 0.252 e. The molecule has 1 aromatic heterocycles. The fraction of sp³-hybridized carbons (Fsp3) is 0.583. The first kappa shape index (κ1) is 11.6. The van der Waals surface area contributed by atoms with Crippen molar-refractivity contribution in [1.82, 2.24) is 5.32 Å². The van der Waals surface area contributed by atoms with Gasteiger partial charge in [0.1, 0.15) is 0 Å². The zero-order valence-corrected chi connectivity index (χ0v) is 10.7. The molecule has 1 aromatic rings. The average molecular weight is 239 g/mol. The minimum atomic E-state index is 0.0916. The molecule has 1 saturated heterocycles. The predicted molar refractivity (Wildman–Crippen MR) is 66.2 cm³/mol. The second kappa shape index (κ2) is 4.97. The summed E-state index contributed by atoms with van der Waals surface area (Å²) >= 11 is 1.63. The Morgan fingerprint density at radius 1 is 1.50 bits per heavy atom. The summed E-state index contributed by atoms with van der Waals surface area (Å²) in [7, 11) is 2.21. The number of hydrogen-bond donors (Lipinski definition) is 2. The zero-order valence-electron chi connectivity index (χ0n) is 9.88. The van der Waals surface area contributed by atoms with Crippen molar-refractivity contribution in [2.24, 2.45) is 0 Å². The third-order valence-electron chi connectivity index (χ3n) is 3.17. The zero-order chi connectivity index (χ0) is 11.5. The highest BCUT2D eigenvalue weighted by Crippen LogP contribution is 2.13. The van der Waals surface area contributed by atoms with Gasteiger partial charge in [0.2, 0.25) is 0 Å². The van der Waals surface area contributed by atoms with Gasteiger partial charge >= 0.3 is 0 Å². The summed E-state index contributed by atoms with van der Waals surface area (Å²) < 4.78 is 0. The van der Waals surface area contributed by atoms with Crippen LogP contribution in [0.3, 0.4) is 0 Å². The SMILES string of the molecule is Cc1cc(C(=O)NC2CC[NH+](C)CC2)cs1. The Morgan fingerprint density at radius 3 is 2.75 bits per heavy atom. The second-order valence-corrected chi connectivity index (χ2v) is 5.77. The van der Waals surface area contributed by atoms with Crippen LogP contribution in [0.2, 0.25) is 0 Å². The van der Waals surface area contributed by atoms with Crippen molar-refractivity contribution < 1.29 is 9.69 Å². The monoisotopic (exact) mass is 239 g/mol. The Bertz CT molecular complexity index is 367. The summed E-state index contributed by atoms with van der Waals surface area (Å²) in [6.45, 7) is 4.35. The van der Waals surface area contributed by atoms with Crippen LogP contribution in [-0.2, 0) is 0 Å². The number of carbonyl (C=O) groups excluding carboxylic acids is 1. The number of rotatable bonds is 2. The number of nitrogens with one attached hydrogen (secondary N) is 2. The van der Waals surface area contributed by atoms with Gasteiger partial charge in [-0.1, -0.05) is 0 Å². The molecule has 3 nitrogen and oxygen atoms in total. The molecule has 0 aliphatic carbocycles. The van der Waals surface area contributed by atoms with Crippen LogP contribution in [0.15, 0.2) is 11.4 Å². The van der Waals surface area contributed by atoms with E-state index in [9.17, 15) is 4.79 Å². The number of thiophene rings is 1. The maximum absolute atomic E-state index is 11.9. The molecule has 1 fully saturated rings. The van der Waals surface area contributed by atoms with Crippen LogP contribution in [-0.4, -0.2) is 32.1 Å². The van der Waals surface area contributed by atoms with Crippen LogP contribution < -0.4 is 10.2 Å². The molecule has 1 amide bonds. The number of amides is 1. The van der Waals surface area contributed by atoms with Crippen molar-refractivity contribution in [3.63, 3.8) is 0 Å². The third kappa shape index (κ3) is 2.83. The molecule has 0 spiro atoms. The van der Waals surface area contributed by atoms with Gasteiger partial charge in [-0.25, -0.2) is 0 Å². The number of piperidine rings is 1. The summed E-state index contributed by atoms with van der Waals surface area (Å²) in [5, 5.41) is 5.06. The van der Waals surface area contributed by atoms with Crippen LogP contribution in [0.1, 0.15) is 28.1 Å². The molecule has 1 aliphatic heterocycles. The van der Waals surface area contributed by atoms with Crippen LogP contribution in [0.5, 0.6) is 0 Å². The molecule has 2 N–H and O–H groups in total. The quantitative estimate of drug-likeness (QED) is 0.772. The average Bonchev–Trinajstić information content (AvgIpc) is 2.68. The van der Waals surface area contributed by atoms with Gasteiger partial charge in [-0.2, -0.15) is 0 Å². The van der Waals surface area contributed by atoms with E-state index in [0.717, 1.165) is 31.5 Å². The minimum absolute atomic E-state index is 0.0916. The van der Waals surface area contributed by atoms with Gasteiger partial charge in [0.15, 0.2) is 0 Å². The first-order valence-corrected chi connectivity index (χ1v) is 6.70. The van der Waals surface area contributed by atoms with Gasteiger partial charge in [0, 0.05) is 29.1 Å². The first-order chi connectivity index (χ1) is 7.65. The molecular formula is C12H19N2OS+. The van der Waals surface area contributed by atoms with Crippen molar-refractivity contribution in [3.05, 3.63) is 21.9 Å². The second-order valence-electron chi connectivity index (χ2n) is 4.65. The van der Waals surface area contributed by atoms with Gasteiger partial charge in [0.25, 0.3) is 5.91 Å². The molecule has 0 unspecified atom stereocenters. The minimum Gasteiger partial charge on any atom is -0.349 e. The largest absolute Gasteiger partial charge is 0.349 e. The normalized spacial score (nSPS) is 25.4. The number of hydrogen-bond acceptors (Lipinski definition) is 2. The number of likely N-dealkylation sites (tertiary alicyclic amines) is 1. The standard InChI is InChI=1S/C12H18N2OS/c1-9-7-10(8-16-9)12(15)13-11-3-5-14(2)6-4-11/h7-8,11H,3-6H2,1-2H3,(H,13,15)/p+1. The summed E-state index contributed by atoms with van der Waals surface area (Å²) in [5.74, 6) is 0.0916. The molecule has 88 valence electrons. The Labute approximate surface area is 100 Å². The Balaban J connectivity index is 1.88. The number of carbonyl (C=O) groups is 1. The van der Waals surface area contributed by atoms with E-state index in [0.29, 0.717) is 6.04 Å². The van der Waals surface area contributed by atoms with Gasteiger partial charge < -0.3 is 10.2 Å². The van der Waals surface area contributed by atoms with Crippen molar-refractivity contribution in [1.29, 1.82) is 0 Å². The molecular weight excluding hydrogens is 220 g/mol. The van der Waals surface area contributed by atoms with Gasteiger partial charge in [-0.05, 0) is 13.0 Å². The van der Waals surface area contributed by atoms with Crippen LogP contribution in [0, 0.1) is 6.92 Å². The lowest BCUT2D eigenvalue weighted by atomic mass is 10.1. The van der Waals surface area contributed by atoms with Crippen molar-refractivity contribution in [2.75, 3.05) is 20.1 Å². The topological polar surface area (TPSA) is 33.5 Å². The molecule has 0 atom stereocenters. The summed E-state index contributed by atoms with van der Waals surface area (Å²) in [4.78, 5) is 14.7. The summed E-state index contributed by atoms with van der Waals surface area (Å²) in [6.07, 6.45) is 2.20. The van der Waals surface area contributed by atoms with Crippen molar-refractivity contribution in [3.8, 4) is 0 Å². The lowest BCUT2D eigenvalue weighted by Gasteiger charge is -2.26. The molecule has 0 bridgehead atoms. The van der Waals surface area contributed by atoms with Crippen LogP contribution in [0.4, 0.5) is 0 Å². The molecule has 2 heterocycles. The highest BCUT2D eigenvalue weighted by Gasteiger charge is 2.21. The maximum atomic E-state index is 11.9. The molecule has 2 rings (SSSR count). The summed E-state index contributed by atoms with van der Waals surface area (Å²) in [6, 6.07) is 2.33. The number of aryl methyl sites for hydroxylation is 1. The van der Waals surface area contributed by atoms with E-state index in [1.54, 1.807) is 16.2 Å². The van der Waals surface area contributed by atoms with Crippen molar-refractivity contribution >= 4 is 17.2 Å². The van der Waals surface area contributed by atoms with E-state index in [1.165, 1.54) is 4.88 Å². The maximum Gasteiger partial charge on any atom is 0.252 e. The predicted octanol–water partition coefficient (Wildman–Crippen LogP) is 0.463. The van der Waals surface area contributed by atoms with E-state index in [4.69, 9.17) is 0 Å².